The molecule has 22 heavy (non-hydrogen) atoms. The molecular weight excluding hydrogens is 314 g/mol. The van der Waals surface area contributed by atoms with Crippen molar-refractivity contribution in [3.63, 3.8) is 0 Å². The summed E-state index contributed by atoms with van der Waals surface area (Å²) in [5.41, 5.74) is 0.881. The van der Waals surface area contributed by atoms with Gasteiger partial charge in [-0.05, 0) is 36.6 Å². The van der Waals surface area contributed by atoms with Gasteiger partial charge in [0.1, 0.15) is 5.75 Å². The molecular formula is C17H19NO2S2. The van der Waals surface area contributed by atoms with Crippen LogP contribution in [-0.2, 0) is 4.79 Å². The Kier molecular flexibility index (Phi) is 6.68. The van der Waals surface area contributed by atoms with Crippen molar-refractivity contribution in [2.24, 2.45) is 0 Å². The van der Waals surface area contributed by atoms with E-state index >= 15 is 0 Å². The van der Waals surface area contributed by atoms with Gasteiger partial charge in [0, 0.05) is 22.0 Å². The van der Waals surface area contributed by atoms with Gasteiger partial charge in [-0.15, -0.1) is 23.5 Å². The lowest BCUT2D eigenvalue weighted by Crippen LogP contribution is -2.12. The normalized spacial score (nSPS) is 10.3. The van der Waals surface area contributed by atoms with Gasteiger partial charge in [0.2, 0.25) is 5.91 Å². The highest BCUT2D eigenvalue weighted by molar-refractivity contribution is 7.99. The quantitative estimate of drug-likeness (QED) is 0.755. The molecule has 116 valence electrons. The standard InChI is InChI=1S/C17H19NO2S2/c1-20-13-6-5-7-14(12-13)22-11-10-17(19)18-15-8-3-4-9-16(15)21-2/h3-9,12H,10-11H2,1-2H3,(H,18,19). The van der Waals surface area contributed by atoms with Crippen molar-refractivity contribution in [1.82, 2.24) is 0 Å². The second kappa shape index (κ2) is 8.76. The van der Waals surface area contributed by atoms with Crippen LogP contribution in [0.1, 0.15) is 6.42 Å². The maximum absolute atomic E-state index is 12.0. The van der Waals surface area contributed by atoms with E-state index in [0.29, 0.717) is 6.42 Å². The molecule has 2 aromatic rings. The number of amides is 1. The number of carbonyl (C=O) groups is 1. The van der Waals surface area contributed by atoms with Crippen molar-refractivity contribution in [2.45, 2.75) is 16.2 Å². The van der Waals surface area contributed by atoms with E-state index in [2.05, 4.69) is 5.32 Å². The van der Waals surface area contributed by atoms with Crippen molar-refractivity contribution < 1.29 is 9.53 Å². The molecule has 0 saturated carbocycles. The molecule has 2 aromatic carbocycles. The maximum atomic E-state index is 12.0. The molecule has 0 aliphatic rings. The highest BCUT2D eigenvalue weighted by Gasteiger charge is 2.06. The van der Waals surface area contributed by atoms with E-state index in [0.717, 1.165) is 27.0 Å². The van der Waals surface area contributed by atoms with E-state index in [4.69, 9.17) is 4.74 Å². The fourth-order valence-electron chi connectivity index (χ4n) is 1.91. The monoisotopic (exact) mass is 333 g/mol. The summed E-state index contributed by atoms with van der Waals surface area (Å²) < 4.78 is 5.19. The number of rotatable bonds is 7. The molecule has 1 amide bonds. The van der Waals surface area contributed by atoms with Gasteiger partial charge in [0.25, 0.3) is 0 Å². The van der Waals surface area contributed by atoms with Crippen LogP contribution in [0.4, 0.5) is 5.69 Å². The minimum atomic E-state index is 0.0388. The van der Waals surface area contributed by atoms with Gasteiger partial charge in [0.15, 0.2) is 0 Å². The Morgan fingerprint density at radius 1 is 1.18 bits per heavy atom. The number of anilines is 1. The molecule has 0 saturated heterocycles. The molecule has 2 rings (SSSR count). The summed E-state index contributed by atoms with van der Waals surface area (Å²) in [5, 5.41) is 2.97. The van der Waals surface area contributed by atoms with Crippen LogP contribution in [0.3, 0.4) is 0 Å². The Balaban J connectivity index is 1.82. The Labute approximate surface area is 139 Å². The summed E-state index contributed by atoms with van der Waals surface area (Å²) in [6, 6.07) is 15.7. The third-order valence-electron chi connectivity index (χ3n) is 3.02. The van der Waals surface area contributed by atoms with Gasteiger partial charge in [0.05, 0.1) is 12.8 Å². The van der Waals surface area contributed by atoms with Crippen molar-refractivity contribution in [2.75, 3.05) is 24.4 Å². The van der Waals surface area contributed by atoms with Crippen LogP contribution < -0.4 is 10.1 Å². The van der Waals surface area contributed by atoms with Crippen molar-refractivity contribution in [3.05, 3.63) is 48.5 Å². The number of thioether (sulfide) groups is 2. The van der Waals surface area contributed by atoms with Gasteiger partial charge >= 0.3 is 0 Å². The molecule has 0 bridgehead atoms. The molecule has 0 unspecified atom stereocenters. The number of nitrogens with one attached hydrogen (secondary N) is 1. The summed E-state index contributed by atoms with van der Waals surface area (Å²) in [6.45, 7) is 0. The Morgan fingerprint density at radius 3 is 2.77 bits per heavy atom. The third kappa shape index (κ3) is 5.00. The second-order valence-electron chi connectivity index (χ2n) is 4.53. The maximum Gasteiger partial charge on any atom is 0.225 e. The molecule has 0 aliphatic heterocycles. The summed E-state index contributed by atoms with van der Waals surface area (Å²) in [4.78, 5) is 14.2. The SMILES string of the molecule is COc1cccc(SCCC(=O)Nc2ccccc2SC)c1. The molecule has 5 heteroatoms. The number of hydrogen-bond acceptors (Lipinski definition) is 4. The Bertz CT molecular complexity index is 632. The molecule has 3 nitrogen and oxygen atoms in total. The highest BCUT2D eigenvalue weighted by atomic mass is 32.2. The van der Waals surface area contributed by atoms with Crippen LogP contribution in [0, 0.1) is 0 Å². The molecule has 0 aromatic heterocycles. The molecule has 0 radical (unpaired) electrons. The minimum Gasteiger partial charge on any atom is -0.497 e. The Hall–Kier alpha value is -1.59. The van der Waals surface area contributed by atoms with Gasteiger partial charge < -0.3 is 10.1 Å². The van der Waals surface area contributed by atoms with Crippen LogP contribution in [0.5, 0.6) is 5.75 Å². The van der Waals surface area contributed by atoms with E-state index in [1.54, 1.807) is 30.6 Å². The largest absolute Gasteiger partial charge is 0.497 e. The molecule has 0 fully saturated rings. The number of ether oxygens (including phenoxy) is 1. The summed E-state index contributed by atoms with van der Waals surface area (Å²) in [7, 11) is 1.65. The van der Waals surface area contributed by atoms with E-state index in [1.807, 2.05) is 54.8 Å². The van der Waals surface area contributed by atoms with Crippen LogP contribution >= 0.6 is 23.5 Å². The zero-order valence-electron chi connectivity index (χ0n) is 12.7. The zero-order chi connectivity index (χ0) is 15.8. The predicted molar refractivity (Wildman–Crippen MR) is 95.2 cm³/mol. The predicted octanol–water partition coefficient (Wildman–Crippen LogP) is 4.54. The van der Waals surface area contributed by atoms with Crippen LogP contribution in [0.15, 0.2) is 58.3 Å². The molecule has 0 atom stereocenters. The smallest absolute Gasteiger partial charge is 0.225 e. The second-order valence-corrected chi connectivity index (χ2v) is 6.54. The lowest BCUT2D eigenvalue weighted by molar-refractivity contribution is -0.115. The van der Waals surface area contributed by atoms with E-state index in [9.17, 15) is 4.79 Å². The average Bonchev–Trinajstić information content (AvgIpc) is 2.55. The molecule has 0 heterocycles. The summed E-state index contributed by atoms with van der Waals surface area (Å²) in [5.74, 6) is 1.61. The van der Waals surface area contributed by atoms with Crippen molar-refractivity contribution in [1.29, 1.82) is 0 Å². The van der Waals surface area contributed by atoms with E-state index in [1.165, 1.54) is 0 Å². The number of hydrogen-bond donors (Lipinski definition) is 1. The topological polar surface area (TPSA) is 38.3 Å². The molecule has 0 spiro atoms. The van der Waals surface area contributed by atoms with Gasteiger partial charge in [-0.25, -0.2) is 0 Å². The zero-order valence-corrected chi connectivity index (χ0v) is 14.3. The van der Waals surface area contributed by atoms with E-state index < -0.39 is 0 Å². The molecule has 0 aliphatic carbocycles. The fourth-order valence-corrected chi connectivity index (χ4v) is 3.36. The first-order chi connectivity index (χ1) is 10.7. The van der Waals surface area contributed by atoms with Crippen LogP contribution in [0.25, 0.3) is 0 Å². The van der Waals surface area contributed by atoms with Gasteiger partial charge in [-0.2, -0.15) is 0 Å². The number of para-hydroxylation sites is 1. The summed E-state index contributed by atoms with van der Waals surface area (Å²) >= 11 is 3.28. The van der Waals surface area contributed by atoms with Gasteiger partial charge in [-0.1, -0.05) is 18.2 Å². The van der Waals surface area contributed by atoms with Crippen LogP contribution in [0.2, 0.25) is 0 Å². The first-order valence-corrected chi connectivity index (χ1v) is 9.13. The lowest BCUT2D eigenvalue weighted by atomic mass is 10.3. The lowest BCUT2D eigenvalue weighted by Gasteiger charge is -2.09. The van der Waals surface area contributed by atoms with E-state index in [-0.39, 0.29) is 5.91 Å². The first kappa shape index (κ1) is 16.8. The third-order valence-corrected chi connectivity index (χ3v) is 4.81. The van der Waals surface area contributed by atoms with Gasteiger partial charge in [-0.3, -0.25) is 4.79 Å². The average molecular weight is 333 g/mol. The minimum absolute atomic E-state index is 0.0388. The van der Waals surface area contributed by atoms with Crippen molar-refractivity contribution in [3.8, 4) is 5.75 Å². The van der Waals surface area contributed by atoms with Crippen LogP contribution in [-0.4, -0.2) is 25.0 Å². The van der Waals surface area contributed by atoms with Crippen molar-refractivity contribution >= 4 is 35.1 Å². The first-order valence-electron chi connectivity index (χ1n) is 6.92. The summed E-state index contributed by atoms with van der Waals surface area (Å²) in [6.07, 6.45) is 2.48. The fraction of sp³-hybridized carbons (Fsp3) is 0.235. The molecule has 1 N–H and O–H groups in total. The number of methoxy groups -OCH3 is 1. The number of carbonyl (C=O) groups excluding carboxylic acids is 1. The Morgan fingerprint density at radius 2 is 2.00 bits per heavy atom. The number of benzene rings is 2. The highest BCUT2D eigenvalue weighted by Crippen LogP contribution is 2.26.